The molecular formula is C22H27IN4O. The molecule has 0 aromatic heterocycles. The summed E-state index contributed by atoms with van der Waals surface area (Å²) in [6.45, 7) is 3.47. The van der Waals surface area contributed by atoms with E-state index in [-0.39, 0.29) is 30.1 Å². The predicted octanol–water partition coefficient (Wildman–Crippen LogP) is 3.35. The lowest BCUT2D eigenvalue weighted by Gasteiger charge is -2.18. The molecular weight excluding hydrogens is 463 g/mol. The lowest BCUT2D eigenvalue weighted by atomic mass is 10.1. The zero-order chi connectivity index (χ0) is 18.5. The zero-order valence-corrected chi connectivity index (χ0v) is 18.4. The van der Waals surface area contributed by atoms with Crippen molar-refractivity contribution in [3.8, 4) is 5.75 Å². The van der Waals surface area contributed by atoms with Gasteiger partial charge in [-0.15, -0.1) is 24.0 Å². The molecule has 0 amide bonds. The molecule has 2 heterocycles. The Bertz CT molecular complexity index is 802. The molecule has 2 aliphatic rings. The van der Waals surface area contributed by atoms with E-state index in [0.29, 0.717) is 0 Å². The lowest BCUT2D eigenvalue weighted by molar-refractivity contribution is 0.235. The maximum atomic E-state index is 5.97. The first-order valence-corrected chi connectivity index (χ1v) is 9.50. The van der Waals surface area contributed by atoms with Gasteiger partial charge in [0.2, 0.25) is 0 Å². The molecule has 0 saturated heterocycles. The lowest BCUT2D eigenvalue weighted by Crippen LogP contribution is -2.41. The van der Waals surface area contributed by atoms with E-state index in [1.54, 1.807) is 7.05 Å². The summed E-state index contributed by atoms with van der Waals surface area (Å²) in [6.07, 6.45) is 5.50. The van der Waals surface area contributed by atoms with Gasteiger partial charge < -0.3 is 20.3 Å². The number of benzene rings is 2. The second kappa shape index (κ2) is 9.82. The minimum absolute atomic E-state index is 0. The monoisotopic (exact) mass is 490 g/mol. The quantitative estimate of drug-likeness (QED) is 0.292. The van der Waals surface area contributed by atoms with Crippen LogP contribution in [0.4, 0.5) is 5.69 Å². The molecule has 5 nitrogen and oxygen atoms in total. The molecule has 0 fully saturated rings. The molecule has 0 radical (unpaired) electrons. The highest BCUT2D eigenvalue weighted by molar-refractivity contribution is 14.0. The van der Waals surface area contributed by atoms with Crippen molar-refractivity contribution in [1.82, 2.24) is 10.6 Å². The molecule has 0 spiro atoms. The Morgan fingerprint density at radius 1 is 1.07 bits per heavy atom. The molecule has 2 aromatic carbocycles. The van der Waals surface area contributed by atoms with Crippen LogP contribution in [0.5, 0.6) is 5.75 Å². The van der Waals surface area contributed by atoms with E-state index in [1.807, 2.05) is 12.1 Å². The fraction of sp³-hybridized carbons (Fsp3) is 0.318. The van der Waals surface area contributed by atoms with Crippen LogP contribution in [0.1, 0.15) is 11.1 Å². The molecule has 148 valence electrons. The number of nitrogens with one attached hydrogen (secondary N) is 2. The molecule has 2 aromatic rings. The average Bonchev–Trinajstić information content (AvgIpc) is 3.38. The molecule has 2 N–H and O–H groups in total. The van der Waals surface area contributed by atoms with Crippen molar-refractivity contribution in [2.45, 2.75) is 19.1 Å². The molecule has 0 aliphatic carbocycles. The summed E-state index contributed by atoms with van der Waals surface area (Å²) in [5.74, 6) is 1.79. The van der Waals surface area contributed by atoms with Crippen LogP contribution >= 0.6 is 24.0 Å². The normalized spacial score (nSPS) is 17.7. The van der Waals surface area contributed by atoms with E-state index >= 15 is 0 Å². The minimum atomic E-state index is 0. The van der Waals surface area contributed by atoms with Crippen molar-refractivity contribution in [2.75, 3.05) is 31.6 Å². The Kier molecular flexibility index (Phi) is 7.19. The van der Waals surface area contributed by atoms with Crippen LogP contribution in [0.25, 0.3) is 0 Å². The minimum Gasteiger partial charge on any atom is -0.488 e. The van der Waals surface area contributed by atoms with Gasteiger partial charge in [0, 0.05) is 38.8 Å². The second-order valence-electron chi connectivity index (χ2n) is 6.90. The standard InChI is InChI=1S/C22H26N4O.HI/c1-23-22(25-16-20-14-18-6-2-3-7-21(18)27-20)24-15-17-8-10-19(11-9-17)26-12-4-5-13-26;/h2-11,20H,12-16H2,1H3,(H2,23,24,25);1H. The van der Waals surface area contributed by atoms with Crippen LogP contribution in [-0.4, -0.2) is 38.7 Å². The molecule has 1 atom stereocenters. The van der Waals surface area contributed by atoms with Gasteiger partial charge in [-0.3, -0.25) is 4.99 Å². The van der Waals surface area contributed by atoms with Crippen molar-refractivity contribution < 1.29 is 4.74 Å². The number of fused-ring (bicyclic) bond motifs is 1. The third kappa shape index (κ3) is 4.98. The fourth-order valence-electron chi connectivity index (χ4n) is 3.50. The van der Waals surface area contributed by atoms with E-state index in [0.717, 1.165) is 44.3 Å². The number of para-hydroxylation sites is 1. The summed E-state index contributed by atoms with van der Waals surface area (Å²) >= 11 is 0. The van der Waals surface area contributed by atoms with Crippen LogP contribution in [-0.2, 0) is 13.0 Å². The third-order valence-corrected chi connectivity index (χ3v) is 5.01. The Morgan fingerprint density at radius 2 is 1.82 bits per heavy atom. The van der Waals surface area contributed by atoms with Crippen LogP contribution < -0.4 is 20.3 Å². The number of nitrogens with zero attached hydrogens (tertiary/aromatic N) is 2. The maximum Gasteiger partial charge on any atom is 0.191 e. The van der Waals surface area contributed by atoms with Gasteiger partial charge in [0.1, 0.15) is 11.9 Å². The van der Waals surface area contributed by atoms with Crippen molar-refractivity contribution in [1.29, 1.82) is 0 Å². The number of halogens is 1. The highest BCUT2D eigenvalue weighted by Gasteiger charge is 2.22. The van der Waals surface area contributed by atoms with E-state index in [4.69, 9.17) is 4.74 Å². The van der Waals surface area contributed by atoms with Crippen LogP contribution in [0.15, 0.2) is 65.7 Å². The van der Waals surface area contributed by atoms with E-state index in [9.17, 15) is 0 Å². The van der Waals surface area contributed by atoms with Crippen LogP contribution in [0, 0.1) is 0 Å². The SMILES string of the molecule is CN=C(NCc1ccc(N2CC=CC2)cc1)NCC1Cc2ccccc2O1.I. The smallest absolute Gasteiger partial charge is 0.191 e. The fourth-order valence-corrected chi connectivity index (χ4v) is 3.50. The highest BCUT2D eigenvalue weighted by atomic mass is 127. The molecule has 4 rings (SSSR count). The summed E-state index contributed by atoms with van der Waals surface area (Å²) in [4.78, 5) is 6.66. The molecule has 0 saturated carbocycles. The number of hydrogen-bond donors (Lipinski definition) is 2. The van der Waals surface area contributed by atoms with Crippen molar-refractivity contribution >= 4 is 35.6 Å². The molecule has 2 aliphatic heterocycles. The third-order valence-electron chi connectivity index (χ3n) is 5.01. The Hall–Kier alpha value is -2.22. The van der Waals surface area contributed by atoms with Gasteiger partial charge in [-0.2, -0.15) is 0 Å². The highest BCUT2D eigenvalue weighted by Crippen LogP contribution is 2.27. The summed E-state index contributed by atoms with van der Waals surface area (Å²) in [6, 6.07) is 16.9. The first-order chi connectivity index (χ1) is 13.3. The first kappa shape index (κ1) is 20.5. The summed E-state index contributed by atoms with van der Waals surface area (Å²) in [5, 5.41) is 6.75. The summed E-state index contributed by atoms with van der Waals surface area (Å²) in [5.41, 5.74) is 3.78. The zero-order valence-electron chi connectivity index (χ0n) is 16.1. The van der Waals surface area contributed by atoms with Crippen molar-refractivity contribution in [3.63, 3.8) is 0 Å². The predicted molar refractivity (Wildman–Crippen MR) is 126 cm³/mol. The number of anilines is 1. The number of ether oxygens (including phenoxy) is 1. The van der Waals surface area contributed by atoms with Crippen LogP contribution in [0.3, 0.4) is 0 Å². The van der Waals surface area contributed by atoms with E-state index in [2.05, 4.69) is 69.1 Å². The Morgan fingerprint density at radius 3 is 2.54 bits per heavy atom. The number of guanidine groups is 1. The first-order valence-electron chi connectivity index (χ1n) is 9.50. The Balaban J connectivity index is 0.00000225. The average molecular weight is 490 g/mol. The molecule has 1 unspecified atom stereocenters. The van der Waals surface area contributed by atoms with Crippen molar-refractivity contribution in [3.05, 3.63) is 71.8 Å². The van der Waals surface area contributed by atoms with Gasteiger partial charge in [-0.25, -0.2) is 0 Å². The number of hydrogen-bond acceptors (Lipinski definition) is 3. The molecule has 0 bridgehead atoms. The van der Waals surface area contributed by atoms with Gasteiger partial charge in [0.05, 0.1) is 6.54 Å². The Labute approximate surface area is 183 Å². The van der Waals surface area contributed by atoms with Gasteiger partial charge in [-0.1, -0.05) is 42.5 Å². The van der Waals surface area contributed by atoms with Crippen molar-refractivity contribution in [2.24, 2.45) is 4.99 Å². The van der Waals surface area contributed by atoms with E-state index in [1.165, 1.54) is 16.8 Å². The molecule has 6 heteroatoms. The molecule has 28 heavy (non-hydrogen) atoms. The summed E-state index contributed by atoms with van der Waals surface area (Å²) < 4.78 is 5.97. The second-order valence-corrected chi connectivity index (χ2v) is 6.90. The van der Waals surface area contributed by atoms with Gasteiger partial charge in [0.15, 0.2) is 5.96 Å². The summed E-state index contributed by atoms with van der Waals surface area (Å²) in [7, 11) is 1.79. The van der Waals surface area contributed by atoms with E-state index < -0.39 is 0 Å². The number of rotatable bonds is 5. The van der Waals surface area contributed by atoms with Crippen LogP contribution in [0.2, 0.25) is 0 Å². The van der Waals surface area contributed by atoms with Gasteiger partial charge in [0.25, 0.3) is 0 Å². The largest absolute Gasteiger partial charge is 0.488 e. The number of aliphatic imine (C=N–C) groups is 1. The maximum absolute atomic E-state index is 5.97. The van der Waals surface area contributed by atoms with Gasteiger partial charge >= 0.3 is 0 Å². The topological polar surface area (TPSA) is 48.9 Å². The van der Waals surface area contributed by atoms with Gasteiger partial charge in [-0.05, 0) is 29.3 Å².